The number of esters is 1. The average Bonchev–Trinajstić information content (AvgIpc) is 3.56. The van der Waals surface area contributed by atoms with Crippen molar-refractivity contribution >= 4 is 5.97 Å². The lowest BCUT2D eigenvalue weighted by atomic mass is 9.70. The van der Waals surface area contributed by atoms with Crippen LogP contribution in [0.2, 0.25) is 0 Å². The topological polar surface area (TPSA) is 113 Å². The third kappa shape index (κ3) is 2.89. The zero-order chi connectivity index (χ0) is 25.9. The highest BCUT2D eigenvalue weighted by Gasteiger charge is 2.78. The summed E-state index contributed by atoms with van der Waals surface area (Å²) in [5.74, 6) is -1.03. The first kappa shape index (κ1) is 23.4. The van der Waals surface area contributed by atoms with Crippen molar-refractivity contribution in [3.63, 3.8) is 0 Å². The number of benzene rings is 3. The zero-order valence-electron chi connectivity index (χ0n) is 20.5. The fraction of sp³-hybridized carbons (Fsp3) is 0.321. The normalized spacial score (nSPS) is 28.7. The SMILES string of the molecule is COC(=O)[C@@H]1[C@@H](c2ccccc2)[C@]2(c3ccc(OC)cc3)Oc3cc4c(c(OC)c3[C@]2(O)[C@H]1O)OCO4. The molecule has 9 nitrogen and oxygen atoms in total. The number of ether oxygens (including phenoxy) is 6. The van der Waals surface area contributed by atoms with Crippen molar-refractivity contribution in [2.45, 2.75) is 23.2 Å². The van der Waals surface area contributed by atoms with E-state index in [4.69, 9.17) is 28.4 Å². The summed E-state index contributed by atoms with van der Waals surface area (Å²) in [7, 11) is 4.24. The van der Waals surface area contributed by atoms with Gasteiger partial charge in [0.2, 0.25) is 12.5 Å². The van der Waals surface area contributed by atoms with Crippen molar-refractivity contribution in [1.29, 1.82) is 0 Å². The molecule has 9 heteroatoms. The van der Waals surface area contributed by atoms with Gasteiger partial charge in [-0.3, -0.25) is 4.79 Å². The number of rotatable bonds is 5. The first-order chi connectivity index (χ1) is 17.9. The van der Waals surface area contributed by atoms with E-state index in [2.05, 4.69) is 0 Å². The Bertz CT molecular complexity index is 1360. The monoisotopic (exact) mass is 506 g/mol. The molecule has 0 radical (unpaired) electrons. The molecule has 2 aliphatic heterocycles. The maximum Gasteiger partial charge on any atom is 0.312 e. The minimum atomic E-state index is -2.15. The van der Waals surface area contributed by atoms with Crippen LogP contribution in [0.4, 0.5) is 0 Å². The van der Waals surface area contributed by atoms with E-state index in [1.807, 2.05) is 30.3 Å². The standard InChI is InChI=1S/C28H26O9/c1-32-17-11-9-16(10-12-17)28-21(15-7-5-4-6-8-15)20(26(30)34-3)25(29)27(28,31)22-18(37-28)13-19-23(24(22)33-2)36-14-35-19/h4-13,20-21,25,29,31H,14H2,1-3H3/t20-,21-,25+,27+,28+/m1/s1. The molecule has 1 saturated carbocycles. The van der Waals surface area contributed by atoms with E-state index in [0.29, 0.717) is 22.6 Å². The second-order valence-electron chi connectivity index (χ2n) is 9.23. The van der Waals surface area contributed by atoms with Crippen LogP contribution in [0, 0.1) is 5.92 Å². The van der Waals surface area contributed by atoms with Crippen molar-refractivity contribution in [2.75, 3.05) is 28.1 Å². The second kappa shape index (κ2) is 8.29. The van der Waals surface area contributed by atoms with Gasteiger partial charge < -0.3 is 38.6 Å². The Hall–Kier alpha value is -3.95. The summed E-state index contributed by atoms with van der Waals surface area (Å²) >= 11 is 0. The lowest BCUT2D eigenvalue weighted by Crippen LogP contribution is -2.52. The minimum absolute atomic E-state index is 0.0311. The Morgan fingerprint density at radius 3 is 2.35 bits per heavy atom. The molecule has 2 heterocycles. The fourth-order valence-electron chi connectivity index (χ4n) is 6.23. The number of methoxy groups -OCH3 is 3. The van der Waals surface area contributed by atoms with E-state index in [0.717, 1.165) is 0 Å². The number of fused-ring (bicyclic) bond motifs is 4. The van der Waals surface area contributed by atoms with Gasteiger partial charge in [-0.05, 0) is 23.3 Å². The van der Waals surface area contributed by atoms with Crippen LogP contribution in [-0.2, 0) is 20.7 Å². The van der Waals surface area contributed by atoms with Crippen LogP contribution in [0.3, 0.4) is 0 Å². The molecule has 1 fully saturated rings. The number of carbonyl (C=O) groups excluding carboxylic acids is 1. The van der Waals surface area contributed by atoms with E-state index in [1.165, 1.54) is 14.2 Å². The molecule has 0 spiro atoms. The van der Waals surface area contributed by atoms with Crippen molar-refractivity contribution < 1.29 is 43.4 Å². The molecular weight excluding hydrogens is 480 g/mol. The zero-order valence-corrected chi connectivity index (χ0v) is 20.5. The van der Waals surface area contributed by atoms with Crippen LogP contribution in [0.1, 0.15) is 22.6 Å². The highest BCUT2D eigenvalue weighted by atomic mass is 16.7. The lowest BCUT2D eigenvalue weighted by molar-refractivity contribution is -0.161. The Morgan fingerprint density at radius 1 is 0.973 bits per heavy atom. The minimum Gasteiger partial charge on any atom is -0.497 e. The summed E-state index contributed by atoms with van der Waals surface area (Å²) in [6.07, 6.45) is -1.64. The van der Waals surface area contributed by atoms with E-state index >= 15 is 0 Å². The number of hydrogen-bond donors (Lipinski definition) is 2. The molecule has 0 saturated heterocycles. The molecule has 2 N–H and O–H groups in total. The van der Waals surface area contributed by atoms with E-state index in [1.54, 1.807) is 37.4 Å². The summed E-state index contributed by atoms with van der Waals surface area (Å²) in [6.45, 7) is -0.0311. The third-order valence-electron chi connectivity index (χ3n) is 7.72. The molecule has 0 unspecified atom stereocenters. The summed E-state index contributed by atoms with van der Waals surface area (Å²) in [5.41, 5.74) is -2.44. The average molecular weight is 507 g/mol. The predicted octanol–water partition coefficient (Wildman–Crippen LogP) is 2.86. The van der Waals surface area contributed by atoms with Gasteiger partial charge in [0.1, 0.15) is 17.6 Å². The molecule has 0 amide bonds. The highest BCUT2D eigenvalue weighted by Crippen LogP contribution is 2.71. The molecule has 5 atom stereocenters. The van der Waals surface area contributed by atoms with Crippen molar-refractivity contribution in [3.05, 3.63) is 77.4 Å². The quantitative estimate of drug-likeness (QED) is 0.505. The van der Waals surface area contributed by atoms with Crippen LogP contribution < -0.4 is 23.7 Å². The fourth-order valence-corrected chi connectivity index (χ4v) is 6.23. The molecule has 1 aliphatic carbocycles. The molecule has 192 valence electrons. The Morgan fingerprint density at radius 2 is 1.70 bits per heavy atom. The molecule has 6 rings (SSSR count). The van der Waals surface area contributed by atoms with Crippen LogP contribution in [0.5, 0.6) is 28.7 Å². The number of aliphatic hydroxyl groups excluding tert-OH is 1. The summed E-state index contributed by atoms with van der Waals surface area (Å²) in [6, 6.07) is 17.8. The molecule has 37 heavy (non-hydrogen) atoms. The number of aliphatic hydroxyl groups is 2. The maximum absolute atomic E-state index is 13.3. The third-order valence-corrected chi connectivity index (χ3v) is 7.72. The molecule has 3 aromatic carbocycles. The Kier molecular flexibility index (Phi) is 5.25. The van der Waals surface area contributed by atoms with Gasteiger partial charge >= 0.3 is 5.97 Å². The first-order valence-electron chi connectivity index (χ1n) is 11.8. The van der Waals surface area contributed by atoms with E-state index in [-0.39, 0.29) is 29.6 Å². The van der Waals surface area contributed by atoms with E-state index in [9.17, 15) is 15.0 Å². The van der Waals surface area contributed by atoms with Gasteiger partial charge in [0, 0.05) is 12.0 Å². The maximum atomic E-state index is 13.3. The van der Waals surface area contributed by atoms with Crippen LogP contribution >= 0.6 is 0 Å². The first-order valence-corrected chi connectivity index (χ1v) is 11.8. The van der Waals surface area contributed by atoms with Gasteiger partial charge in [0.25, 0.3) is 0 Å². The van der Waals surface area contributed by atoms with Crippen molar-refractivity contribution in [2.24, 2.45) is 5.92 Å². The summed E-state index contributed by atoms with van der Waals surface area (Å²) in [4.78, 5) is 13.3. The predicted molar refractivity (Wildman–Crippen MR) is 129 cm³/mol. The van der Waals surface area contributed by atoms with Crippen LogP contribution in [0.15, 0.2) is 60.7 Å². The van der Waals surface area contributed by atoms with Crippen LogP contribution in [0.25, 0.3) is 0 Å². The van der Waals surface area contributed by atoms with Gasteiger partial charge in [-0.25, -0.2) is 0 Å². The van der Waals surface area contributed by atoms with Gasteiger partial charge in [-0.2, -0.15) is 0 Å². The lowest BCUT2D eigenvalue weighted by Gasteiger charge is -2.40. The Labute approximate surface area is 213 Å². The molecule has 3 aliphatic rings. The number of hydrogen-bond acceptors (Lipinski definition) is 9. The number of carbonyl (C=O) groups is 1. The van der Waals surface area contributed by atoms with Crippen LogP contribution in [-0.4, -0.2) is 50.4 Å². The largest absolute Gasteiger partial charge is 0.497 e. The Balaban J connectivity index is 1.70. The molecular formula is C28H26O9. The van der Waals surface area contributed by atoms with Gasteiger partial charge in [0.15, 0.2) is 22.7 Å². The van der Waals surface area contributed by atoms with E-state index < -0.39 is 35.1 Å². The summed E-state index contributed by atoms with van der Waals surface area (Å²) < 4.78 is 34.2. The van der Waals surface area contributed by atoms with Gasteiger partial charge in [-0.15, -0.1) is 0 Å². The molecule has 0 aromatic heterocycles. The van der Waals surface area contributed by atoms with Crippen molar-refractivity contribution in [3.8, 4) is 28.7 Å². The van der Waals surface area contributed by atoms with Crippen molar-refractivity contribution in [1.82, 2.24) is 0 Å². The smallest absolute Gasteiger partial charge is 0.312 e. The molecule has 3 aromatic rings. The second-order valence-corrected chi connectivity index (χ2v) is 9.23. The highest BCUT2D eigenvalue weighted by molar-refractivity contribution is 5.79. The summed E-state index contributed by atoms with van der Waals surface area (Å²) in [5, 5.41) is 24.7. The van der Waals surface area contributed by atoms with Gasteiger partial charge in [-0.1, -0.05) is 42.5 Å². The van der Waals surface area contributed by atoms with Gasteiger partial charge in [0.05, 0.1) is 32.8 Å². The molecule has 0 bridgehead atoms.